The molecule has 38 heavy (non-hydrogen) atoms. The van der Waals surface area contributed by atoms with Crippen molar-refractivity contribution in [2.75, 3.05) is 0 Å². The average molecular weight is 498 g/mol. The van der Waals surface area contributed by atoms with Gasteiger partial charge in [-0.05, 0) is 55.4 Å². The summed E-state index contributed by atoms with van der Waals surface area (Å²) in [6, 6.07) is 25.1. The molecule has 0 radical (unpaired) electrons. The van der Waals surface area contributed by atoms with Crippen molar-refractivity contribution < 1.29 is 0 Å². The van der Waals surface area contributed by atoms with Gasteiger partial charge in [-0.3, -0.25) is 0 Å². The molecule has 0 spiro atoms. The zero-order chi connectivity index (χ0) is 27.4. The normalized spacial score (nSPS) is 10.6. The SMILES string of the molecule is Cc1cccc(C)c1[N-]B([N-]c1c(C)cccc1C)B([N-]c1c(C)cccc1C)[N-]c1c(C)cccc1C. The maximum atomic E-state index is 5.29. The van der Waals surface area contributed by atoms with Crippen LogP contribution in [0.1, 0.15) is 44.5 Å². The first-order valence-corrected chi connectivity index (χ1v) is 13.2. The lowest BCUT2D eigenvalue weighted by Gasteiger charge is -2.65. The largest absolute Gasteiger partial charge is 0.729 e. The minimum Gasteiger partial charge on any atom is -0.729 e. The number of hydrogen-bond donors (Lipinski definition) is 0. The minimum absolute atomic E-state index is 0.549. The number of nitrogens with zero attached hydrogens (tertiary/aromatic N) is 4. The molecular weight excluding hydrogens is 462 g/mol. The summed E-state index contributed by atoms with van der Waals surface area (Å²) in [6.45, 7) is 15.7. The van der Waals surface area contributed by atoms with E-state index in [1.165, 1.54) is 0 Å². The van der Waals surface area contributed by atoms with Crippen LogP contribution in [0.25, 0.3) is 20.9 Å². The summed E-state index contributed by atoms with van der Waals surface area (Å²) in [6.07, 6.45) is 0. The molecule has 4 aromatic rings. The molecule has 0 aromatic heterocycles. The molecule has 0 heterocycles. The zero-order valence-electron chi connectivity index (χ0n) is 23.9. The summed E-state index contributed by atoms with van der Waals surface area (Å²) >= 11 is 0. The Morgan fingerprint density at radius 2 is 0.474 bits per heavy atom. The van der Waals surface area contributed by atoms with Crippen LogP contribution < -0.4 is 0 Å². The Kier molecular flexibility index (Phi) is 8.41. The van der Waals surface area contributed by atoms with Crippen molar-refractivity contribution in [3.05, 3.63) is 138 Å². The first-order valence-electron chi connectivity index (χ1n) is 13.2. The Labute approximate surface area is 229 Å². The number of aryl methyl sites for hydroxylation is 8. The van der Waals surface area contributed by atoms with Gasteiger partial charge in [0.2, 0.25) is 0 Å². The fourth-order valence-electron chi connectivity index (χ4n) is 4.89. The molecule has 0 bridgehead atoms. The van der Waals surface area contributed by atoms with Crippen LogP contribution in [0.2, 0.25) is 0 Å². The molecule has 0 aliphatic heterocycles. The van der Waals surface area contributed by atoms with Gasteiger partial charge in [-0.2, -0.15) is 13.7 Å². The first-order chi connectivity index (χ1) is 18.2. The highest BCUT2D eigenvalue weighted by molar-refractivity contribution is 7.31. The topological polar surface area (TPSA) is 56.4 Å². The van der Waals surface area contributed by atoms with Gasteiger partial charge in [0.15, 0.2) is 0 Å². The van der Waals surface area contributed by atoms with E-state index in [0.717, 1.165) is 67.3 Å². The van der Waals surface area contributed by atoms with E-state index in [-0.39, 0.29) is 0 Å². The van der Waals surface area contributed by atoms with Crippen molar-refractivity contribution >= 4 is 36.5 Å². The molecule has 0 atom stereocenters. The Bertz CT molecular complexity index is 1140. The fourth-order valence-corrected chi connectivity index (χ4v) is 4.89. The second-order valence-corrected chi connectivity index (χ2v) is 10.3. The van der Waals surface area contributed by atoms with Crippen LogP contribution >= 0.6 is 0 Å². The van der Waals surface area contributed by atoms with E-state index in [9.17, 15) is 0 Å². The number of benzene rings is 4. The van der Waals surface area contributed by atoms with Gasteiger partial charge in [0.05, 0.1) is 0 Å². The van der Waals surface area contributed by atoms with Gasteiger partial charge in [0.25, 0.3) is 0 Å². The standard InChI is InChI=1S/C32H36B2N4/c1-21-13-9-14-22(2)29(21)35-33(36-30-23(3)15-10-16-24(30)4)34(37-31-25(5)17-11-18-26(31)6)38-32-27(7)19-12-20-28(32)8/h9-20H,1-8H3/q-4. The van der Waals surface area contributed by atoms with Gasteiger partial charge >= 0.3 is 0 Å². The van der Waals surface area contributed by atoms with Crippen LogP contribution in [0.15, 0.2) is 72.8 Å². The molecule has 0 saturated heterocycles. The quantitative estimate of drug-likeness (QED) is 0.206. The van der Waals surface area contributed by atoms with Gasteiger partial charge in [-0.1, -0.05) is 117 Å². The second kappa shape index (κ2) is 11.7. The summed E-state index contributed by atoms with van der Waals surface area (Å²) < 4.78 is 0. The third-order valence-electron chi connectivity index (χ3n) is 7.07. The summed E-state index contributed by atoms with van der Waals surface area (Å²) in [5.74, 6) is 0. The number of rotatable bonds is 9. The molecule has 4 rings (SSSR count). The first kappa shape index (κ1) is 27.3. The molecule has 0 fully saturated rings. The summed E-state index contributed by atoms with van der Waals surface area (Å²) in [7, 11) is 0. The van der Waals surface area contributed by atoms with E-state index >= 15 is 0 Å². The van der Waals surface area contributed by atoms with Crippen molar-refractivity contribution in [1.29, 1.82) is 0 Å². The molecule has 4 aromatic carbocycles. The Morgan fingerprint density at radius 3 is 0.632 bits per heavy atom. The van der Waals surface area contributed by atoms with Crippen molar-refractivity contribution in [2.24, 2.45) is 0 Å². The van der Waals surface area contributed by atoms with Gasteiger partial charge in [-0.15, -0.1) is 22.7 Å². The van der Waals surface area contributed by atoms with Crippen molar-refractivity contribution in [3.8, 4) is 0 Å². The lowest BCUT2D eigenvalue weighted by molar-refractivity contribution is 1.39. The highest BCUT2D eigenvalue weighted by Gasteiger charge is 2.03. The smallest absolute Gasteiger partial charge is 0.0410 e. The van der Waals surface area contributed by atoms with Crippen LogP contribution in [0, 0.1) is 55.4 Å². The molecule has 4 nitrogen and oxygen atoms in total. The highest BCUT2D eigenvalue weighted by atomic mass is 15.0. The van der Waals surface area contributed by atoms with Crippen LogP contribution in [0.3, 0.4) is 0 Å². The molecule has 0 aliphatic rings. The maximum absolute atomic E-state index is 5.29. The Balaban J connectivity index is 1.85. The van der Waals surface area contributed by atoms with E-state index in [1.54, 1.807) is 0 Å². The third kappa shape index (κ3) is 6.02. The van der Waals surface area contributed by atoms with E-state index < -0.39 is 13.7 Å². The van der Waals surface area contributed by atoms with E-state index in [1.807, 2.05) is 0 Å². The van der Waals surface area contributed by atoms with E-state index in [0.29, 0.717) is 0 Å². The third-order valence-corrected chi connectivity index (χ3v) is 7.07. The Hall–Kier alpha value is -3.79. The molecule has 0 unspecified atom stereocenters. The summed E-state index contributed by atoms with van der Waals surface area (Å²) in [4.78, 5) is 0. The van der Waals surface area contributed by atoms with E-state index in [2.05, 4.69) is 128 Å². The molecule has 0 N–H and O–H groups in total. The predicted molar refractivity (Wildman–Crippen MR) is 167 cm³/mol. The fraction of sp³-hybridized carbons (Fsp3) is 0.250. The monoisotopic (exact) mass is 498 g/mol. The predicted octanol–water partition coefficient (Wildman–Crippen LogP) is 10.3. The van der Waals surface area contributed by atoms with Crippen LogP contribution in [-0.4, -0.2) is 13.7 Å². The number of hydrogen-bond acceptors (Lipinski definition) is 0. The van der Waals surface area contributed by atoms with Crippen LogP contribution in [0.5, 0.6) is 0 Å². The molecule has 0 aliphatic carbocycles. The minimum atomic E-state index is -0.549. The average Bonchev–Trinajstić information content (AvgIpc) is 2.86. The Morgan fingerprint density at radius 1 is 0.316 bits per heavy atom. The van der Waals surface area contributed by atoms with Crippen molar-refractivity contribution in [3.63, 3.8) is 0 Å². The maximum Gasteiger partial charge on any atom is -0.0410 e. The summed E-state index contributed by atoms with van der Waals surface area (Å²) in [5, 5.41) is 21.2. The van der Waals surface area contributed by atoms with Gasteiger partial charge < -0.3 is 20.9 Å². The molecule has 194 valence electrons. The van der Waals surface area contributed by atoms with Gasteiger partial charge in [0, 0.05) is 0 Å². The van der Waals surface area contributed by atoms with Crippen molar-refractivity contribution in [1.82, 2.24) is 0 Å². The van der Waals surface area contributed by atoms with Gasteiger partial charge in [-0.25, -0.2) is 0 Å². The molecule has 0 saturated carbocycles. The highest BCUT2D eigenvalue weighted by Crippen LogP contribution is 2.43. The second-order valence-electron chi connectivity index (χ2n) is 10.3. The van der Waals surface area contributed by atoms with Crippen LogP contribution in [0.4, 0.5) is 22.7 Å². The lowest BCUT2D eigenvalue weighted by Crippen LogP contribution is -2.32. The van der Waals surface area contributed by atoms with Crippen LogP contribution in [-0.2, 0) is 0 Å². The van der Waals surface area contributed by atoms with Crippen molar-refractivity contribution in [2.45, 2.75) is 55.4 Å². The molecule has 0 amide bonds. The summed E-state index contributed by atoms with van der Waals surface area (Å²) in [5.41, 5.74) is 12.7. The molecule has 6 heteroatoms. The van der Waals surface area contributed by atoms with Gasteiger partial charge in [0.1, 0.15) is 0 Å². The van der Waals surface area contributed by atoms with E-state index in [4.69, 9.17) is 20.9 Å². The lowest BCUT2D eigenvalue weighted by atomic mass is 9.33. The molecular formula is C32H36B2N4-4. The zero-order valence-corrected chi connectivity index (χ0v) is 23.9.